The van der Waals surface area contributed by atoms with Gasteiger partial charge in [-0.3, -0.25) is 0 Å². The first kappa shape index (κ1) is 10.4. The Kier molecular flexibility index (Phi) is 2.74. The normalized spacial score (nSPS) is 12.0. The molecule has 0 fully saturated rings. The van der Waals surface area contributed by atoms with Crippen molar-refractivity contribution in [3.8, 4) is 12.3 Å². The van der Waals surface area contributed by atoms with E-state index in [9.17, 15) is 4.79 Å². The molecule has 0 saturated heterocycles. The lowest BCUT2D eigenvalue weighted by Crippen LogP contribution is -1.93. The molecule has 0 aliphatic rings. The molecule has 1 nitrogen and oxygen atoms in total. The van der Waals surface area contributed by atoms with Crippen LogP contribution in [0.3, 0.4) is 0 Å². The standard InChI is InChI=1S/C15H12O/c1-3-12-4-5-15-9-13(11(2)10-16)6-7-14(15)8-12/h1,4-11H,2H3. The van der Waals surface area contributed by atoms with E-state index < -0.39 is 0 Å². The SMILES string of the molecule is C#Cc1ccc2cc(C(C)C=O)ccc2c1. The molecule has 2 aromatic carbocycles. The molecular weight excluding hydrogens is 196 g/mol. The Morgan fingerprint density at radius 2 is 1.88 bits per heavy atom. The number of terminal acetylenes is 1. The van der Waals surface area contributed by atoms with Gasteiger partial charge in [0.1, 0.15) is 6.29 Å². The van der Waals surface area contributed by atoms with Crippen LogP contribution in [0.2, 0.25) is 0 Å². The van der Waals surface area contributed by atoms with Gasteiger partial charge < -0.3 is 4.79 Å². The number of aldehydes is 1. The lowest BCUT2D eigenvalue weighted by atomic mass is 9.98. The van der Waals surface area contributed by atoms with Crippen LogP contribution in [0, 0.1) is 12.3 Å². The van der Waals surface area contributed by atoms with E-state index in [1.54, 1.807) is 0 Å². The van der Waals surface area contributed by atoms with Crippen molar-refractivity contribution >= 4 is 17.1 Å². The van der Waals surface area contributed by atoms with E-state index in [4.69, 9.17) is 6.42 Å². The molecule has 0 spiro atoms. The lowest BCUT2D eigenvalue weighted by molar-refractivity contribution is -0.108. The first-order chi connectivity index (χ1) is 7.74. The highest BCUT2D eigenvalue weighted by atomic mass is 16.1. The summed E-state index contributed by atoms with van der Waals surface area (Å²) in [6, 6.07) is 11.9. The van der Waals surface area contributed by atoms with E-state index in [1.165, 1.54) is 0 Å². The third kappa shape index (κ3) is 1.83. The molecule has 0 N–H and O–H groups in total. The van der Waals surface area contributed by atoms with Crippen LogP contribution in [0.25, 0.3) is 10.8 Å². The van der Waals surface area contributed by atoms with Crippen molar-refractivity contribution in [2.45, 2.75) is 12.8 Å². The highest BCUT2D eigenvalue weighted by molar-refractivity contribution is 5.85. The molecule has 0 saturated carbocycles. The summed E-state index contributed by atoms with van der Waals surface area (Å²) in [4.78, 5) is 10.7. The molecule has 0 amide bonds. The van der Waals surface area contributed by atoms with Crippen molar-refractivity contribution < 1.29 is 4.79 Å². The van der Waals surface area contributed by atoms with Gasteiger partial charge in [-0.05, 0) is 28.5 Å². The number of benzene rings is 2. The van der Waals surface area contributed by atoms with Crippen molar-refractivity contribution in [2.75, 3.05) is 0 Å². The van der Waals surface area contributed by atoms with Crippen LogP contribution < -0.4 is 0 Å². The van der Waals surface area contributed by atoms with Crippen LogP contribution in [0.5, 0.6) is 0 Å². The van der Waals surface area contributed by atoms with Crippen molar-refractivity contribution in [3.05, 3.63) is 47.5 Å². The van der Waals surface area contributed by atoms with Crippen LogP contribution >= 0.6 is 0 Å². The summed E-state index contributed by atoms with van der Waals surface area (Å²) in [6.07, 6.45) is 6.30. The van der Waals surface area contributed by atoms with E-state index >= 15 is 0 Å². The minimum absolute atomic E-state index is 0.0586. The highest BCUT2D eigenvalue weighted by Gasteiger charge is 2.04. The summed E-state index contributed by atoms with van der Waals surface area (Å²) >= 11 is 0. The zero-order chi connectivity index (χ0) is 11.5. The summed E-state index contributed by atoms with van der Waals surface area (Å²) < 4.78 is 0. The second-order valence-corrected chi connectivity index (χ2v) is 3.89. The van der Waals surface area contributed by atoms with Gasteiger partial charge in [-0.1, -0.05) is 37.1 Å². The molecule has 0 aromatic heterocycles. The Hall–Kier alpha value is -2.07. The van der Waals surface area contributed by atoms with Crippen LogP contribution in [0.4, 0.5) is 0 Å². The quantitative estimate of drug-likeness (QED) is 0.547. The maximum Gasteiger partial charge on any atom is 0.127 e. The zero-order valence-corrected chi connectivity index (χ0v) is 9.10. The number of carbonyl (C=O) groups is 1. The Morgan fingerprint density at radius 1 is 1.19 bits per heavy atom. The van der Waals surface area contributed by atoms with Crippen LogP contribution in [-0.2, 0) is 4.79 Å². The third-order valence-electron chi connectivity index (χ3n) is 2.76. The molecule has 2 rings (SSSR count). The van der Waals surface area contributed by atoms with Crippen LogP contribution in [0.1, 0.15) is 24.0 Å². The maximum absolute atomic E-state index is 10.7. The number of carbonyl (C=O) groups excluding carboxylic acids is 1. The van der Waals surface area contributed by atoms with Gasteiger partial charge in [0.2, 0.25) is 0 Å². The molecule has 2 aromatic rings. The van der Waals surface area contributed by atoms with E-state index in [0.717, 1.165) is 28.2 Å². The molecular formula is C15H12O. The van der Waals surface area contributed by atoms with E-state index in [1.807, 2.05) is 43.3 Å². The molecule has 0 bridgehead atoms. The van der Waals surface area contributed by atoms with Crippen molar-refractivity contribution in [2.24, 2.45) is 0 Å². The van der Waals surface area contributed by atoms with Crippen molar-refractivity contribution in [1.82, 2.24) is 0 Å². The maximum atomic E-state index is 10.7. The van der Waals surface area contributed by atoms with Gasteiger partial charge in [0.05, 0.1) is 0 Å². The number of fused-ring (bicyclic) bond motifs is 1. The fourth-order valence-electron chi connectivity index (χ4n) is 1.72. The average Bonchev–Trinajstić information content (AvgIpc) is 2.36. The Labute approximate surface area is 95.1 Å². The summed E-state index contributed by atoms with van der Waals surface area (Å²) in [7, 11) is 0. The minimum atomic E-state index is -0.0586. The highest BCUT2D eigenvalue weighted by Crippen LogP contribution is 2.21. The first-order valence-corrected chi connectivity index (χ1v) is 5.20. The molecule has 0 aliphatic heterocycles. The van der Waals surface area contributed by atoms with Gasteiger partial charge in [-0.15, -0.1) is 6.42 Å². The molecule has 0 aliphatic carbocycles. The lowest BCUT2D eigenvalue weighted by Gasteiger charge is -2.06. The fourth-order valence-corrected chi connectivity index (χ4v) is 1.72. The minimum Gasteiger partial charge on any atom is -0.303 e. The number of hydrogen-bond acceptors (Lipinski definition) is 1. The first-order valence-electron chi connectivity index (χ1n) is 5.20. The van der Waals surface area contributed by atoms with Gasteiger partial charge in [0, 0.05) is 11.5 Å². The smallest absolute Gasteiger partial charge is 0.127 e. The molecule has 16 heavy (non-hydrogen) atoms. The van der Waals surface area contributed by atoms with Gasteiger partial charge in [0.25, 0.3) is 0 Å². The van der Waals surface area contributed by atoms with E-state index in [2.05, 4.69) is 5.92 Å². The third-order valence-corrected chi connectivity index (χ3v) is 2.76. The largest absolute Gasteiger partial charge is 0.303 e. The average molecular weight is 208 g/mol. The second kappa shape index (κ2) is 4.20. The van der Waals surface area contributed by atoms with Gasteiger partial charge in [-0.25, -0.2) is 0 Å². The van der Waals surface area contributed by atoms with Crippen molar-refractivity contribution in [3.63, 3.8) is 0 Å². The summed E-state index contributed by atoms with van der Waals surface area (Å²) in [6.45, 7) is 1.89. The van der Waals surface area contributed by atoms with Gasteiger partial charge >= 0.3 is 0 Å². The predicted molar refractivity (Wildman–Crippen MR) is 66.4 cm³/mol. The summed E-state index contributed by atoms with van der Waals surface area (Å²) in [5.41, 5.74) is 1.92. The molecule has 1 heteroatoms. The Morgan fingerprint density at radius 3 is 2.56 bits per heavy atom. The molecule has 0 radical (unpaired) electrons. The second-order valence-electron chi connectivity index (χ2n) is 3.89. The molecule has 0 heterocycles. The number of rotatable bonds is 2. The summed E-state index contributed by atoms with van der Waals surface area (Å²) in [5.74, 6) is 2.55. The van der Waals surface area contributed by atoms with Gasteiger partial charge in [-0.2, -0.15) is 0 Å². The molecule has 1 unspecified atom stereocenters. The van der Waals surface area contributed by atoms with E-state index in [-0.39, 0.29) is 5.92 Å². The topological polar surface area (TPSA) is 17.1 Å². The van der Waals surface area contributed by atoms with Crippen LogP contribution in [-0.4, -0.2) is 6.29 Å². The monoisotopic (exact) mass is 208 g/mol. The molecule has 1 atom stereocenters. The van der Waals surface area contributed by atoms with Crippen LogP contribution in [0.15, 0.2) is 36.4 Å². The zero-order valence-electron chi connectivity index (χ0n) is 9.10. The van der Waals surface area contributed by atoms with E-state index in [0.29, 0.717) is 0 Å². The van der Waals surface area contributed by atoms with Crippen molar-refractivity contribution in [1.29, 1.82) is 0 Å². The predicted octanol–water partition coefficient (Wildman–Crippen LogP) is 3.12. The summed E-state index contributed by atoms with van der Waals surface area (Å²) in [5, 5.41) is 2.22. The molecule has 78 valence electrons. The van der Waals surface area contributed by atoms with Gasteiger partial charge in [0.15, 0.2) is 0 Å². The fraction of sp³-hybridized carbons (Fsp3) is 0.133. The number of hydrogen-bond donors (Lipinski definition) is 0. The Balaban J connectivity index is 2.56. The Bertz CT molecular complexity index is 575.